The first-order valence-corrected chi connectivity index (χ1v) is 9.91. The molecular weight excluding hydrogens is 413 g/mol. The molecule has 1 aromatic carbocycles. The average Bonchev–Trinajstić information content (AvgIpc) is 3.07. The zero-order valence-corrected chi connectivity index (χ0v) is 16.9. The maximum absolute atomic E-state index is 14.2. The lowest BCUT2D eigenvalue weighted by atomic mass is 10.2. The van der Waals surface area contributed by atoms with Gasteiger partial charge in [-0.05, 0) is 37.4 Å². The summed E-state index contributed by atoms with van der Waals surface area (Å²) >= 11 is 1.01. The Labute approximate surface area is 166 Å². The third kappa shape index (κ3) is 4.27. The van der Waals surface area contributed by atoms with E-state index in [1.165, 1.54) is 37.6 Å². The number of ether oxygens (including phenoxy) is 1. The van der Waals surface area contributed by atoms with Gasteiger partial charge in [-0.25, -0.2) is 18.4 Å². The first-order chi connectivity index (χ1) is 12.5. The van der Waals surface area contributed by atoms with Gasteiger partial charge in [0.15, 0.2) is 4.21 Å². The molecule has 0 radical (unpaired) electrons. The van der Waals surface area contributed by atoms with Crippen molar-refractivity contribution in [2.24, 2.45) is 0 Å². The molecule has 0 spiro atoms. The van der Waals surface area contributed by atoms with Crippen molar-refractivity contribution in [2.45, 2.75) is 15.6 Å². The summed E-state index contributed by atoms with van der Waals surface area (Å²) in [6.07, 6.45) is 1.30. The van der Waals surface area contributed by atoms with Crippen LogP contribution in [0.3, 0.4) is 0 Å². The fourth-order valence-electron chi connectivity index (χ4n) is 2.37. The number of hydrogen-bond acceptors (Lipinski definition) is 7. The van der Waals surface area contributed by atoms with Crippen molar-refractivity contribution < 1.29 is 17.5 Å². The molecule has 144 valence electrons. The van der Waals surface area contributed by atoms with Gasteiger partial charge >= 0.3 is 0 Å². The Balaban J connectivity index is 0.00000261. The molecule has 0 aliphatic heterocycles. The van der Waals surface area contributed by atoms with Crippen LogP contribution in [-0.2, 0) is 16.4 Å². The molecule has 0 unspecified atom stereocenters. The number of nitrogens with zero attached hydrogens (tertiary/aromatic N) is 2. The summed E-state index contributed by atoms with van der Waals surface area (Å²) in [5.41, 5.74) is 0.112. The Hall–Kier alpha value is -2.07. The van der Waals surface area contributed by atoms with Crippen LogP contribution < -0.4 is 10.1 Å². The summed E-state index contributed by atoms with van der Waals surface area (Å²) in [6, 6.07) is 9.14. The van der Waals surface area contributed by atoms with E-state index < -0.39 is 15.8 Å². The number of sulfone groups is 1. The first kappa shape index (κ1) is 21.2. The molecule has 2 aromatic heterocycles. The minimum absolute atomic E-state index is 0. The number of methoxy groups -OCH3 is 1. The monoisotopic (exact) mass is 429 g/mol. The quantitative estimate of drug-likeness (QED) is 0.605. The van der Waals surface area contributed by atoms with Crippen LogP contribution in [0.4, 0.5) is 4.39 Å². The van der Waals surface area contributed by atoms with Gasteiger partial charge in [-0.15, -0.1) is 23.7 Å². The normalized spacial score (nSPS) is 11.1. The van der Waals surface area contributed by atoms with Gasteiger partial charge in [-0.3, -0.25) is 0 Å². The smallest absolute Gasteiger partial charge is 0.222 e. The molecule has 0 saturated carbocycles. The molecule has 3 aromatic rings. The largest absolute Gasteiger partial charge is 0.497 e. The lowest BCUT2D eigenvalue weighted by Crippen LogP contribution is -2.04. The number of thiazole rings is 1. The molecule has 1 N–H and O–H groups in total. The molecule has 0 amide bonds. The molecule has 0 atom stereocenters. The highest BCUT2D eigenvalue weighted by molar-refractivity contribution is 7.93. The number of rotatable bonds is 6. The van der Waals surface area contributed by atoms with Crippen LogP contribution in [0.2, 0.25) is 0 Å². The van der Waals surface area contributed by atoms with Gasteiger partial charge in [0.05, 0.1) is 17.6 Å². The summed E-state index contributed by atoms with van der Waals surface area (Å²) in [7, 11) is -0.728. The van der Waals surface area contributed by atoms with E-state index in [4.69, 9.17) is 4.74 Å². The molecule has 27 heavy (non-hydrogen) atoms. The van der Waals surface area contributed by atoms with E-state index in [0.717, 1.165) is 11.3 Å². The minimum Gasteiger partial charge on any atom is -0.497 e. The van der Waals surface area contributed by atoms with Gasteiger partial charge in [0.2, 0.25) is 15.8 Å². The molecule has 0 bridgehead atoms. The second-order valence-corrected chi connectivity index (χ2v) is 8.53. The van der Waals surface area contributed by atoms with E-state index in [1.54, 1.807) is 19.2 Å². The predicted molar refractivity (Wildman–Crippen MR) is 104 cm³/mol. The summed E-state index contributed by atoms with van der Waals surface area (Å²) in [6.45, 7) is 0.368. The second-order valence-electron chi connectivity index (χ2n) is 5.30. The van der Waals surface area contributed by atoms with Gasteiger partial charge < -0.3 is 10.1 Å². The molecular formula is C17H17ClFN3O3S2. The van der Waals surface area contributed by atoms with Crippen LogP contribution in [-0.4, -0.2) is 32.5 Å². The van der Waals surface area contributed by atoms with Gasteiger partial charge in [0, 0.05) is 12.7 Å². The molecule has 0 aliphatic carbocycles. The van der Waals surface area contributed by atoms with Crippen molar-refractivity contribution in [1.82, 2.24) is 15.3 Å². The third-order valence-corrected chi connectivity index (χ3v) is 6.89. The van der Waals surface area contributed by atoms with Crippen LogP contribution in [0.15, 0.2) is 51.7 Å². The number of nitrogens with one attached hydrogen (secondary N) is 1. The lowest BCUT2D eigenvalue weighted by molar-refractivity contribution is 0.413. The molecule has 3 rings (SSSR count). The summed E-state index contributed by atoms with van der Waals surface area (Å²) in [5.74, 6) is -0.351. The van der Waals surface area contributed by atoms with E-state index >= 15 is 0 Å². The molecule has 0 saturated heterocycles. The van der Waals surface area contributed by atoms with Crippen LogP contribution in [0.25, 0.3) is 11.3 Å². The highest BCUT2D eigenvalue weighted by Gasteiger charge is 2.28. The van der Waals surface area contributed by atoms with Gasteiger partial charge in [-0.1, -0.05) is 6.07 Å². The number of aromatic nitrogens is 2. The maximum Gasteiger partial charge on any atom is 0.222 e. The Bertz CT molecular complexity index is 1040. The molecule has 0 fully saturated rings. The highest BCUT2D eigenvalue weighted by atomic mass is 35.5. The van der Waals surface area contributed by atoms with Crippen molar-refractivity contribution in [3.63, 3.8) is 0 Å². The second kappa shape index (κ2) is 8.75. The van der Waals surface area contributed by atoms with Crippen LogP contribution >= 0.6 is 23.7 Å². The first-order valence-electron chi connectivity index (χ1n) is 7.61. The zero-order valence-electron chi connectivity index (χ0n) is 14.5. The van der Waals surface area contributed by atoms with Crippen molar-refractivity contribution in [3.8, 4) is 17.0 Å². The maximum atomic E-state index is 14.2. The zero-order chi connectivity index (χ0) is 18.7. The number of hydrogen-bond donors (Lipinski definition) is 1. The topological polar surface area (TPSA) is 81.2 Å². The standard InChI is InChI=1S/C17H16FN3O3S2.ClH/c1-19-10-14-21-15(13-7-4-8-20-16(13)18)17(25-14)26(22,23)12-6-3-5-11(9-12)24-2;/h3-9,19H,10H2,1-2H3;1H. The Morgan fingerprint density at radius 1 is 1.26 bits per heavy atom. The van der Waals surface area contributed by atoms with Gasteiger partial charge in [-0.2, -0.15) is 4.39 Å². The Kier molecular flexibility index (Phi) is 6.88. The number of benzene rings is 1. The van der Waals surface area contributed by atoms with Crippen molar-refractivity contribution in [3.05, 3.63) is 53.6 Å². The fourth-order valence-corrected chi connectivity index (χ4v) is 5.35. The average molecular weight is 430 g/mol. The molecule has 0 aliphatic rings. The van der Waals surface area contributed by atoms with E-state index in [1.807, 2.05) is 0 Å². The summed E-state index contributed by atoms with van der Waals surface area (Å²) < 4.78 is 45.6. The molecule has 2 heterocycles. The highest BCUT2D eigenvalue weighted by Crippen LogP contribution is 2.37. The minimum atomic E-state index is -3.91. The molecule has 6 nitrogen and oxygen atoms in total. The van der Waals surface area contributed by atoms with E-state index in [2.05, 4.69) is 15.3 Å². The van der Waals surface area contributed by atoms with Crippen LogP contribution in [0.1, 0.15) is 5.01 Å². The van der Waals surface area contributed by atoms with Crippen LogP contribution in [0, 0.1) is 5.95 Å². The predicted octanol–water partition coefficient (Wildman–Crippen LogP) is 3.33. The molecule has 10 heteroatoms. The Morgan fingerprint density at radius 3 is 2.70 bits per heavy atom. The van der Waals surface area contributed by atoms with Crippen molar-refractivity contribution in [1.29, 1.82) is 0 Å². The Morgan fingerprint density at radius 2 is 2.04 bits per heavy atom. The van der Waals surface area contributed by atoms with E-state index in [0.29, 0.717) is 17.3 Å². The van der Waals surface area contributed by atoms with Gasteiger partial charge in [0.1, 0.15) is 16.5 Å². The van der Waals surface area contributed by atoms with Crippen molar-refractivity contribution >= 4 is 33.6 Å². The third-order valence-electron chi connectivity index (χ3n) is 3.58. The SMILES string of the molecule is CNCc1nc(-c2cccnc2F)c(S(=O)(=O)c2cccc(OC)c2)s1.Cl. The fraction of sp³-hybridized carbons (Fsp3) is 0.176. The van der Waals surface area contributed by atoms with Gasteiger partial charge in [0.25, 0.3) is 0 Å². The summed E-state index contributed by atoms with van der Waals surface area (Å²) in [4.78, 5) is 7.99. The van der Waals surface area contributed by atoms with E-state index in [9.17, 15) is 12.8 Å². The van der Waals surface area contributed by atoms with Crippen molar-refractivity contribution in [2.75, 3.05) is 14.2 Å². The number of halogens is 2. The van der Waals surface area contributed by atoms with E-state index in [-0.39, 0.29) is 32.8 Å². The summed E-state index contributed by atoms with van der Waals surface area (Å²) in [5, 5.41) is 3.46. The lowest BCUT2D eigenvalue weighted by Gasteiger charge is -2.07. The number of pyridine rings is 1. The van der Waals surface area contributed by atoms with Crippen LogP contribution in [0.5, 0.6) is 5.75 Å².